The van der Waals surface area contributed by atoms with Crippen LogP contribution in [0.15, 0.2) is 60.8 Å². The maximum absolute atomic E-state index is 6.82. The van der Waals surface area contributed by atoms with Crippen molar-refractivity contribution in [3.63, 3.8) is 0 Å². The summed E-state index contributed by atoms with van der Waals surface area (Å²) in [5, 5.41) is 1.82. The molecule has 0 aliphatic rings. The van der Waals surface area contributed by atoms with Crippen molar-refractivity contribution in [2.45, 2.75) is 83.7 Å². The van der Waals surface area contributed by atoms with Gasteiger partial charge in [-0.25, -0.2) is 0 Å². The van der Waals surface area contributed by atoms with E-state index < -0.39 is 16.6 Å². The van der Waals surface area contributed by atoms with Gasteiger partial charge in [0.15, 0.2) is 16.6 Å². The number of hydrogen-bond acceptors (Lipinski definition) is 1. The molecule has 0 saturated heterocycles. The molecule has 0 aliphatic carbocycles. The van der Waals surface area contributed by atoms with Crippen LogP contribution < -0.4 is 0 Å². The molecule has 2 aromatic carbocycles. The monoisotopic (exact) mass is 465 g/mol. The van der Waals surface area contributed by atoms with Crippen molar-refractivity contribution < 1.29 is 4.43 Å². The Labute approximate surface area is 198 Å². The van der Waals surface area contributed by atoms with Gasteiger partial charge in [-0.1, -0.05) is 103 Å². The number of hydrogen-bond donors (Lipinski definition) is 0. The van der Waals surface area contributed by atoms with Gasteiger partial charge in [-0.2, -0.15) is 0 Å². The van der Waals surface area contributed by atoms with Crippen LogP contribution in [0.4, 0.5) is 0 Å². The second-order valence-corrected chi connectivity index (χ2v) is 22.2. The molecular weight excluding hydrogens is 422 g/mol. The topological polar surface area (TPSA) is 14.2 Å². The average Bonchev–Trinajstić information content (AvgIpc) is 3.07. The minimum atomic E-state index is -1.86. The van der Waals surface area contributed by atoms with Gasteiger partial charge in [0.2, 0.25) is 0 Å². The molecular formula is C28H43NOSi2. The third-order valence-corrected chi connectivity index (χ3v) is 17.9. The van der Waals surface area contributed by atoms with Crippen molar-refractivity contribution in [2.24, 2.45) is 0 Å². The molecule has 0 spiro atoms. The highest BCUT2D eigenvalue weighted by Crippen LogP contribution is 2.43. The summed E-state index contributed by atoms with van der Waals surface area (Å²) in [5.74, 6) is 0.223. The van der Waals surface area contributed by atoms with Gasteiger partial charge in [-0.3, -0.25) is 0 Å². The Hall–Kier alpha value is -1.63. The molecule has 2 nitrogen and oxygen atoms in total. The Balaban J connectivity index is 2.17. The Kier molecular flexibility index (Phi) is 6.74. The summed E-state index contributed by atoms with van der Waals surface area (Å²) in [7, 11) is -3.64. The number of para-hydroxylation sites is 1. The van der Waals surface area contributed by atoms with Crippen LogP contribution in [0.5, 0.6) is 0 Å². The molecule has 0 amide bonds. The molecule has 1 heterocycles. The molecule has 4 heteroatoms. The predicted molar refractivity (Wildman–Crippen MR) is 146 cm³/mol. The Morgan fingerprint density at radius 1 is 0.781 bits per heavy atom. The lowest BCUT2D eigenvalue weighted by atomic mass is 9.92. The molecule has 0 bridgehead atoms. The van der Waals surface area contributed by atoms with Crippen LogP contribution in [0.25, 0.3) is 10.9 Å². The summed E-state index contributed by atoms with van der Waals surface area (Å²) in [5.41, 5.74) is 4.10. The molecule has 1 atom stereocenters. The lowest BCUT2D eigenvalue weighted by molar-refractivity contribution is 0.276. The van der Waals surface area contributed by atoms with Crippen molar-refractivity contribution in [1.82, 2.24) is 4.23 Å². The minimum Gasteiger partial charge on any atom is -0.416 e. The first-order valence-corrected chi connectivity index (χ1v) is 17.8. The summed E-state index contributed by atoms with van der Waals surface area (Å²) in [4.78, 5) is 0. The highest BCUT2D eigenvalue weighted by molar-refractivity contribution is 6.79. The van der Waals surface area contributed by atoms with E-state index in [9.17, 15) is 0 Å². The normalized spacial score (nSPS) is 14.7. The largest absolute Gasteiger partial charge is 0.416 e. The molecule has 0 saturated carbocycles. The van der Waals surface area contributed by atoms with E-state index in [-0.39, 0.29) is 16.0 Å². The molecule has 3 aromatic rings. The van der Waals surface area contributed by atoms with Crippen LogP contribution in [0.2, 0.25) is 36.3 Å². The highest BCUT2D eigenvalue weighted by Gasteiger charge is 2.40. The minimum absolute atomic E-state index is 0.198. The fourth-order valence-corrected chi connectivity index (χ4v) is 6.86. The van der Waals surface area contributed by atoms with E-state index in [4.69, 9.17) is 4.43 Å². The number of benzene rings is 2. The van der Waals surface area contributed by atoms with Gasteiger partial charge < -0.3 is 8.66 Å². The molecule has 3 rings (SSSR count). The Bertz CT molecular complexity index is 1050. The number of nitrogens with zero attached hydrogens (tertiary/aromatic N) is 1. The quantitative estimate of drug-likeness (QED) is 0.332. The molecule has 0 fully saturated rings. The molecule has 0 unspecified atom stereocenters. The Morgan fingerprint density at radius 3 is 1.91 bits per heavy atom. The lowest BCUT2D eigenvalue weighted by Gasteiger charge is -2.38. The van der Waals surface area contributed by atoms with Gasteiger partial charge in [0.05, 0.1) is 0 Å². The van der Waals surface area contributed by atoms with E-state index in [1.54, 1.807) is 0 Å². The summed E-state index contributed by atoms with van der Waals surface area (Å²) >= 11 is 0. The van der Waals surface area contributed by atoms with Crippen molar-refractivity contribution in [3.8, 4) is 0 Å². The first-order chi connectivity index (χ1) is 14.7. The third-order valence-electron chi connectivity index (χ3n) is 8.17. The van der Waals surface area contributed by atoms with Crippen LogP contribution in [-0.2, 0) is 4.43 Å². The molecule has 174 valence electrons. The van der Waals surface area contributed by atoms with Gasteiger partial charge in [0, 0.05) is 29.6 Å². The van der Waals surface area contributed by atoms with Gasteiger partial charge in [-0.15, -0.1) is 0 Å². The fraction of sp³-hybridized carbons (Fsp3) is 0.500. The highest BCUT2D eigenvalue weighted by atomic mass is 28.4. The maximum Gasteiger partial charge on any atom is 0.192 e. The van der Waals surface area contributed by atoms with Crippen molar-refractivity contribution in [2.75, 3.05) is 6.61 Å². The summed E-state index contributed by atoms with van der Waals surface area (Å²) < 4.78 is 9.46. The standard InChI is InChI=1S/C28H43NOSi2/c1-27(2,3)31(7,8)29-20-24(23-18-14-15-19-26(23)29)25(22-16-12-11-13-17-22)21-30-32(9,10)28(4,5)6/h11-20,25H,21H2,1-10H3/t25-/m1/s1. The van der Waals surface area contributed by atoms with Crippen LogP contribution in [0, 0.1) is 0 Å². The van der Waals surface area contributed by atoms with E-state index >= 15 is 0 Å². The van der Waals surface area contributed by atoms with Gasteiger partial charge in [0.1, 0.15) is 0 Å². The smallest absolute Gasteiger partial charge is 0.192 e. The van der Waals surface area contributed by atoms with Crippen molar-refractivity contribution >= 4 is 27.5 Å². The summed E-state index contributed by atoms with van der Waals surface area (Å²) in [6.45, 7) is 24.6. The van der Waals surface area contributed by atoms with Gasteiger partial charge in [-0.05, 0) is 40.4 Å². The second kappa shape index (κ2) is 8.62. The molecule has 1 aromatic heterocycles. The van der Waals surface area contributed by atoms with E-state index in [1.165, 1.54) is 22.0 Å². The number of rotatable bonds is 6. The fourth-order valence-electron chi connectivity index (χ4n) is 3.87. The zero-order chi connectivity index (χ0) is 23.9. The zero-order valence-corrected chi connectivity index (χ0v) is 23.9. The average molecular weight is 466 g/mol. The van der Waals surface area contributed by atoms with Crippen LogP contribution in [-0.4, -0.2) is 27.4 Å². The van der Waals surface area contributed by atoms with Crippen LogP contribution in [0.3, 0.4) is 0 Å². The van der Waals surface area contributed by atoms with Crippen LogP contribution in [0.1, 0.15) is 58.6 Å². The Morgan fingerprint density at radius 2 is 1.34 bits per heavy atom. The van der Waals surface area contributed by atoms with Crippen molar-refractivity contribution in [3.05, 3.63) is 71.9 Å². The maximum atomic E-state index is 6.82. The predicted octanol–water partition coefficient (Wildman–Crippen LogP) is 8.65. The number of aromatic nitrogens is 1. The first-order valence-electron chi connectivity index (χ1n) is 12.0. The first kappa shape index (κ1) is 25.0. The van der Waals surface area contributed by atoms with E-state index in [0.717, 1.165) is 6.61 Å². The van der Waals surface area contributed by atoms with E-state index in [0.29, 0.717) is 0 Å². The van der Waals surface area contributed by atoms with Gasteiger partial charge in [0.25, 0.3) is 0 Å². The molecule has 0 radical (unpaired) electrons. The zero-order valence-electron chi connectivity index (χ0n) is 21.9. The molecule has 0 aliphatic heterocycles. The SMILES string of the molecule is CC(C)(C)[Si](C)(C)OC[C@H](c1ccccc1)c1cn([Si](C)(C)C(C)(C)C)c2ccccc12. The molecule has 0 N–H and O–H groups in total. The summed E-state index contributed by atoms with van der Waals surface area (Å²) in [6, 6.07) is 19.9. The summed E-state index contributed by atoms with van der Waals surface area (Å²) in [6.07, 6.45) is 2.47. The van der Waals surface area contributed by atoms with E-state index in [2.05, 4.69) is 133 Å². The van der Waals surface area contributed by atoms with E-state index in [1.807, 2.05) is 0 Å². The molecule has 32 heavy (non-hydrogen) atoms. The number of fused-ring (bicyclic) bond motifs is 1. The van der Waals surface area contributed by atoms with Crippen molar-refractivity contribution in [1.29, 1.82) is 0 Å². The second-order valence-electron chi connectivity index (χ2n) is 12.3. The third kappa shape index (κ3) is 4.68. The van der Waals surface area contributed by atoms with Gasteiger partial charge >= 0.3 is 0 Å². The van der Waals surface area contributed by atoms with Crippen LogP contribution >= 0.6 is 0 Å². The lowest BCUT2D eigenvalue weighted by Crippen LogP contribution is -2.45.